The van der Waals surface area contributed by atoms with E-state index >= 15 is 0 Å². The number of hydrogen-bond donors (Lipinski definition) is 1. The predicted octanol–water partition coefficient (Wildman–Crippen LogP) is 3.59. The molecule has 1 aliphatic heterocycles. The van der Waals surface area contributed by atoms with E-state index < -0.39 is 0 Å². The maximum Gasteiger partial charge on any atom is 0.0346 e. The van der Waals surface area contributed by atoms with Crippen molar-refractivity contribution in [3.8, 4) is 0 Å². The summed E-state index contributed by atoms with van der Waals surface area (Å²) in [5, 5.41) is 0. The molecule has 2 heteroatoms. The maximum atomic E-state index is 6.01. The van der Waals surface area contributed by atoms with Crippen molar-refractivity contribution in [2.45, 2.75) is 45.6 Å². The molecule has 0 aromatic heterocycles. The van der Waals surface area contributed by atoms with E-state index in [9.17, 15) is 0 Å². The van der Waals surface area contributed by atoms with Gasteiger partial charge in [0, 0.05) is 18.8 Å². The molecule has 1 saturated heterocycles. The molecule has 2 nitrogen and oxygen atoms in total. The second-order valence-electron chi connectivity index (χ2n) is 6.52. The molecule has 104 valence electrons. The number of nitrogens with zero attached hydrogens (tertiary/aromatic N) is 1. The summed E-state index contributed by atoms with van der Waals surface area (Å²) in [5.41, 5.74) is 9.51. The Hall–Kier alpha value is -1.02. The highest BCUT2D eigenvalue weighted by molar-refractivity contribution is 5.48. The number of rotatable bonds is 2. The zero-order valence-corrected chi connectivity index (χ0v) is 12.1. The predicted molar refractivity (Wildman–Crippen MR) is 80.9 cm³/mol. The highest BCUT2D eigenvalue weighted by Crippen LogP contribution is 2.36. The van der Waals surface area contributed by atoms with Gasteiger partial charge in [0.15, 0.2) is 0 Å². The average Bonchev–Trinajstić information content (AvgIpc) is 2.43. The van der Waals surface area contributed by atoms with Gasteiger partial charge in [0.2, 0.25) is 0 Å². The van der Waals surface area contributed by atoms with E-state index in [2.05, 4.69) is 30.0 Å². The fourth-order valence-electron chi connectivity index (χ4n) is 3.87. The minimum absolute atomic E-state index is 0.935. The Morgan fingerprint density at radius 1 is 1.16 bits per heavy atom. The Balaban J connectivity index is 1.62. The summed E-state index contributed by atoms with van der Waals surface area (Å²) in [6.07, 6.45) is 7.27. The van der Waals surface area contributed by atoms with Gasteiger partial charge < -0.3 is 5.73 Å². The molecule has 0 bridgehead atoms. The molecular weight excluding hydrogens is 232 g/mol. The molecule has 3 rings (SSSR count). The molecule has 19 heavy (non-hydrogen) atoms. The van der Waals surface area contributed by atoms with E-state index in [4.69, 9.17) is 5.73 Å². The van der Waals surface area contributed by atoms with Crippen LogP contribution in [0.4, 0.5) is 5.69 Å². The van der Waals surface area contributed by atoms with Crippen LogP contribution in [-0.4, -0.2) is 18.0 Å². The van der Waals surface area contributed by atoms with Crippen LogP contribution in [0.1, 0.15) is 43.2 Å². The molecule has 1 aromatic carbocycles. The molecule has 1 saturated carbocycles. The Kier molecular flexibility index (Phi) is 3.79. The van der Waals surface area contributed by atoms with Crippen molar-refractivity contribution in [1.82, 2.24) is 4.90 Å². The highest BCUT2D eigenvalue weighted by Gasteiger charge is 2.30. The average molecular weight is 258 g/mol. The first-order valence-electron chi connectivity index (χ1n) is 7.80. The van der Waals surface area contributed by atoms with E-state index in [1.54, 1.807) is 0 Å². The standard InChI is InChI=1S/C17H26N2/c1-13-6-7-14(10-17(13)18)11-19-9-8-15-4-2-3-5-16(15)12-19/h6-7,10,15-16H,2-5,8-9,11-12,18H2,1H3. The third-order valence-corrected chi connectivity index (χ3v) is 5.13. The minimum Gasteiger partial charge on any atom is -0.399 e. The van der Waals surface area contributed by atoms with Gasteiger partial charge in [-0.2, -0.15) is 0 Å². The van der Waals surface area contributed by atoms with Crippen LogP contribution in [0.25, 0.3) is 0 Å². The molecule has 0 amide bonds. The molecule has 0 radical (unpaired) electrons. The lowest BCUT2D eigenvalue weighted by Crippen LogP contribution is -2.41. The van der Waals surface area contributed by atoms with E-state index in [1.165, 1.54) is 56.3 Å². The van der Waals surface area contributed by atoms with Crippen LogP contribution in [0.3, 0.4) is 0 Å². The van der Waals surface area contributed by atoms with Crippen molar-refractivity contribution in [2.75, 3.05) is 18.8 Å². The van der Waals surface area contributed by atoms with Crippen molar-refractivity contribution < 1.29 is 0 Å². The highest BCUT2D eigenvalue weighted by atomic mass is 15.1. The quantitative estimate of drug-likeness (QED) is 0.821. The molecule has 2 fully saturated rings. The molecule has 2 unspecified atom stereocenters. The van der Waals surface area contributed by atoms with Crippen LogP contribution in [0.5, 0.6) is 0 Å². The summed E-state index contributed by atoms with van der Waals surface area (Å²) < 4.78 is 0. The van der Waals surface area contributed by atoms with Crippen molar-refractivity contribution in [2.24, 2.45) is 11.8 Å². The van der Waals surface area contributed by atoms with Gasteiger partial charge >= 0.3 is 0 Å². The van der Waals surface area contributed by atoms with Crippen LogP contribution >= 0.6 is 0 Å². The van der Waals surface area contributed by atoms with E-state index in [1.807, 2.05) is 0 Å². The largest absolute Gasteiger partial charge is 0.399 e. The van der Waals surface area contributed by atoms with Crippen molar-refractivity contribution >= 4 is 5.69 Å². The monoisotopic (exact) mass is 258 g/mol. The first kappa shape index (κ1) is 13.0. The summed E-state index contributed by atoms with van der Waals surface area (Å²) in [7, 11) is 0. The van der Waals surface area contributed by atoms with Gasteiger partial charge in [-0.3, -0.25) is 4.90 Å². The third-order valence-electron chi connectivity index (χ3n) is 5.13. The minimum atomic E-state index is 0.935. The molecule has 1 aliphatic carbocycles. The number of nitrogens with two attached hydrogens (primary N) is 1. The van der Waals surface area contributed by atoms with Gasteiger partial charge in [-0.05, 0) is 55.3 Å². The van der Waals surface area contributed by atoms with Gasteiger partial charge in [0.05, 0.1) is 0 Å². The summed E-state index contributed by atoms with van der Waals surface area (Å²) in [6, 6.07) is 6.54. The van der Waals surface area contributed by atoms with Gasteiger partial charge in [0.25, 0.3) is 0 Å². The number of hydrogen-bond acceptors (Lipinski definition) is 2. The molecule has 2 atom stereocenters. The zero-order valence-electron chi connectivity index (χ0n) is 12.1. The fraction of sp³-hybridized carbons (Fsp3) is 0.647. The van der Waals surface area contributed by atoms with E-state index in [-0.39, 0.29) is 0 Å². The molecule has 2 aliphatic rings. The van der Waals surface area contributed by atoms with Gasteiger partial charge in [0.1, 0.15) is 0 Å². The molecular formula is C17H26N2. The number of benzene rings is 1. The second-order valence-corrected chi connectivity index (χ2v) is 6.52. The van der Waals surface area contributed by atoms with Gasteiger partial charge in [-0.25, -0.2) is 0 Å². The second kappa shape index (κ2) is 5.54. The van der Waals surface area contributed by atoms with Crippen LogP contribution in [0.15, 0.2) is 18.2 Å². The number of likely N-dealkylation sites (tertiary alicyclic amines) is 1. The number of fused-ring (bicyclic) bond motifs is 1. The smallest absolute Gasteiger partial charge is 0.0346 e. The lowest BCUT2D eigenvalue weighted by atomic mass is 9.75. The lowest BCUT2D eigenvalue weighted by Gasteiger charge is -2.41. The Bertz CT molecular complexity index is 441. The number of piperidine rings is 1. The van der Waals surface area contributed by atoms with Crippen molar-refractivity contribution in [3.63, 3.8) is 0 Å². The van der Waals surface area contributed by atoms with E-state index in [0.717, 1.165) is 24.1 Å². The van der Waals surface area contributed by atoms with Crippen LogP contribution in [-0.2, 0) is 6.54 Å². The Morgan fingerprint density at radius 3 is 2.74 bits per heavy atom. The topological polar surface area (TPSA) is 29.3 Å². The SMILES string of the molecule is Cc1ccc(CN2CCC3CCCCC3C2)cc1N. The molecule has 0 spiro atoms. The zero-order chi connectivity index (χ0) is 13.2. The van der Waals surface area contributed by atoms with Crippen molar-refractivity contribution in [1.29, 1.82) is 0 Å². The Labute approximate surface area is 117 Å². The normalized spacial score (nSPS) is 28.1. The van der Waals surface area contributed by atoms with E-state index in [0.29, 0.717) is 0 Å². The third kappa shape index (κ3) is 2.94. The van der Waals surface area contributed by atoms with Crippen LogP contribution in [0, 0.1) is 18.8 Å². The van der Waals surface area contributed by atoms with Crippen LogP contribution < -0.4 is 5.73 Å². The number of aryl methyl sites for hydroxylation is 1. The number of nitrogen functional groups attached to an aromatic ring is 1. The molecule has 1 aromatic rings. The lowest BCUT2D eigenvalue weighted by molar-refractivity contribution is 0.0821. The first-order valence-corrected chi connectivity index (χ1v) is 7.80. The van der Waals surface area contributed by atoms with Gasteiger partial charge in [-0.15, -0.1) is 0 Å². The summed E-state index contributed by atoms with van der Waals surface area (Å²) >= 11 is 0. The summed E-state index contributed by atoms with van der Waals surface area (Å²) in [6.45, 7) is 5.73. The summed E-state index contributed by atoms with van der Waals surface area (Å²) in [5.74, 6) is 1.98. The molecule has 2 N–H and O–H groups in total. The number of anilines is 1. The van der Waals surface area contributed by atoms with Crippen molar-refractivity contribution in [3.05, 3.63) is 29.3 Å². The summed E-state index contributed by atoms with van der Waals surface area (Å²) in [4.78, 5) is 2.64. The van der Waals surface area contributed by atoms with Gasteiger partial charge in [-0.1, -0.05) is 31.4 Å². The first-order chi connectivity index (χ1) is 9.22. The van der Waals surface area contributed by atoms with Crippen LogP contribution in [0.2, 0.25) is 0 Å². The fourth-order valence-corrected chi connectivity index (χ4v) is 3.87. The maximum absolute atomic E-state index is 6.01. The molecule has 1 heterocycles. The Morgan fingerprint density at radius 2 is 1.95 bits per heavy atom.